The van der Waals surface area contributed by atoms with E-state index in [4.69, 9.17) is 11.6 Å². The zero-order valence-corrected chi connectivity index (χ0v) is 12.5. The number of nitrogens with one attached hydrogen (secondary N) is 1. The van der Waals surface area contributed by atoms with Crippen LogP contribution in [0.25, 0.3) is 0 Å². The van der Waals surface area contributed by atoms with Gasteiger partial charge in [-0.3, -0.25) is 4.79 Å². The zero-order valence-electron chi connectivity index (χ0n) is 10.9. The van der Waals surface area contributed by atoms with Crippen molar-refractivity contribution in [1.29, 1.82) is 0 Å². The molecule has 0 aromatic heterocycles. The molecule has 0 bridgehead atoms. The third-order valence-corrected chi connectivity index (χ3v) is 6.02. The van der Waals surface area contributed by atoms with Crippen molar-refractivity contribution >= 4 is 27.3 Å². The highest BCUT2D eigenvalue weighted by molar-refractivity contribution is 7.91. The Morgan fingerprint density at radius 3 is 2.55 bits per heavy atom. The Labute approximate surface area is 123 Å². The third-order valence-electron chi connectivity index (χ3n) is 4.00. The van der Waals surface area contributed by atoms with Crippen LogP contribution in [0.15, 0.2) is 24.3 Å². The fraction of sp³-hybridized carbons (Fsp3) is 0.500. The summed E-state index contributed by atoms with van der Waals surface area (Å²) in [5.41, 5.74) is 1.12. The molecule has 1 aromatic carbocycles. The van der Waals surface area contributed by atoms with Gasteiger partial charge in [-0.15, -0.1) is 0 Å². The summed E-state index contributed by atoms with van der Waals surface area (Å²) in [6, 6.07) is 7.33. The first kappa shape index (κ1) is 13.9. The highest BCUT2D eigenvalue weighted by Gasteiger charge is 2.45. The molecule has 1 amide bonds. The normalized spacial score (nSPS) is 30.9. The molecule has 0 radical (unpaired) electrons. The second-order valence-electron chi connectivity index (χ2n) is 5.61. The van der Waals surface area contributed by atoms with Gasteiger partial charge in [0.05, 0.1) is 11.5 Å². The number of carbonyl (C=O) groups excluding carboxylic acids is 1. The molecule has 2 aliphatic rings. The number of hydrogen-bond acceptors (Lipinski definition) is 3. The van der Waals surface area contributed by atoms with Crippen molar-refractivity contribution in [2.45, 2.75) is 24.8 Å². The predicted molar refractivity (Wildman–Crippen MR) is 77.5 cm³/mol. The van der Waals surface area contributed by atoms with Gasteiger partial charge in [0.25, 0.3) is 0 Å². The average molecular weight is 314 g/mol. The van der Waals surface area contributed by atoms with E-state index in [0.29, 0.717) is 11.4 Å². The molecular weight excluding hydrogens is 298 g/mol. The van der Waals surface area contributed by atoms with E-state index >= 15 is 0 Å². The SMILES string of the molecule is O=C(NC1CCS(=O)(=O)C1)C1CC1c1ccc(Cl)cc1. The Morgan fingerprint density at radius 1 is 1.25 bits per heavy atom. The lowest BCUT2D eigenvalue weighted by atomic mass is 10.1. The zero-order chi connectivity index (χ0) is 14.3. The van der Waals surface area contributed by atoms with Crippen molar-refractivity contribution < 1.29 is 13.2 Å². The van der Waals surface area contributed by atoms with Crippen LogP contribution in [0.5, 0.6) is 0 Å². The summed E-state index contributed by atoms with van der Waals surface area (Å²) in [5, 5.41) is 3.55. The lowest BCUT2D eigenvalue weighted by molar-refractivity contribution is -0.122. The first-order chi connectivity index (χ1) is 9.44. The molecule has 6 heteroatoms. The lowest BCUT2D eigenvalue weighted by Crippen LogP contribution is -2.36. The number of sulfone groups is 1. The largest absolute Gasteiger partial charge is 0.352 e. The molecule has 1 aliphatic carbocycles. The van der Waals surface area contributed by atoms with Crippen LogP contribution in [0.2, 0.25) is 5.02 Å². The first-order valence-electron chi connectivity index (χ1n) is 6.71. The van der Waals surface area contributed by atoms with E-state index in [1.807, 2.05) is 24.3 Å². The van der Waals surface area contributed by atoms with Crippen LogP contribution < -0.4 is 5.32 Å². The molecule has 3 unspecified atom stereocenters. The van der Waals surface area contributed by atoms with E-state index in [1.165, 1.54) is 0 Å². The monoisotopic (exact) mass is 313 g/mol. The molecule has 1 aromatic rings. The molecule has 3 atom stereocenters. The van der Waals surface area contributed by atoms with Crippen LogP contribution in [0.3, 0.4) is 0 Å². The molecule has 0 spiro atoms. The summed E-state index contributed by atoms with van der Waals surface area (Å²) in [7, 11) is -2.95. The van der Waals surface area contributed by atoms with Gasteiger partial charge < -0.3 is 5.32 Å². The van der Waals surface area contributed by atoms with Gasteiger partial charge in [0.2, 0.25) is 5.91 Å². The van der Waals surface area contributed by atoms with Crippen molar-refractivity contribution in [3.8, 4) is 0 Å². The Morgan fingerprint density at radius 2 is 1.95 bits per heavy atom. The Hall–Kier alpha value is -1.07. The van der Waals surface area contributed by atoms with Crippen molar-refractivity contribution in [2.75, 3.05) is 11.5 Å². The van der Waals surface area contributed by atoms with E-state index < -0.39 is 9.84 Å². The molecule has 20 heavy (non-hydrogen) atoms. The van der Waals surface area contributed by atoms with Crippen molar-refractivity contribution in [3.05, 3.63) is 34.9 Å². The number of rotatable bonds is 3. The minimum Gasteiger partial charge on any atom is -0.352 e. The van der Waals surface area contributed by atoms with E-state index in [0.717, 1.165) is 12.0 Å². The van der Waals surface area contributed by atoms with Gasteiger partial charge in [-0.05, 0) is 36.5 Å². The van der Waals surface area contributed by atoms with Crippen molar-refractivity contribution in [2.24, 2.45) is 5.92 Å². The summed E-state index contributed by atoms with van der Waals surface area (Å²) >= 11 is 5.84. The second-order valence-corrected chi connectivity index (χ2v) is 8.27. The Bertz CT molecular complexity index is 626. The molecule has 1 saturated carbocycles. The molecular formula is C14H16ClNO3S. The number of halogens is 1. The fourth-order valence-electron chi connectivity index (χ4n) is 2.78. The number of benzene rings is 1. The molecule has 1 saturated heterocycles. The fourth-order valence-corrected chi connectivity index (χ4v) is 4.58. The standard InChI is InChI=1S/C14H16ClNO3S/c15-10-3-1-9(2-4-10)12-7-13(12)14(17)16-11-5-6-20(18,19)8-11/h1-4,11-13H,5-8H2,(H,16,17). The summed E-state index contributed by atoms with van der Waals surface area (Å²) in [6.45, 7) is 0. The molecule has 108 valence electrons. The van der Waals surface area contributed by atoms with Crippen molar-refractivity contribution in [3.63, 3.8) is 0 Å². The predicted octanol–water partition coefficient (Wildman–Crippen LogP) is 1.75. The van der Waals surface area contributed by atoms with E-state index in [1.54, 1.807) is 0 Å². The van der Waals surface area contributed by atoms with E-state index in [9.17, 15) is 13.2 Å². The van der Waals surface area contributed by atoms with Crippen LogP contribution >= 0.6 is 11.6 Å². The third kappa shape index (κ3) is 2.99. The molecule has 1 heterocycles. The second kappa shape index (κ2) is 5.04. The Balaban J connectivity index is 1.57. The average Bonchev–Trinajstić information content (AvgIpc) is 3.10. The van der Waals surface area contributed by atoms with Gasteiger partial charge in [-0.25, -0.2) is 8.42 Å². The van der Waals surface area contributed by atoms with E-state index in [2.05, 4.69) is 5.32 Å². The van der Waals surface area contributed by atoms with Gasteiger partial charge in [-0.2, -0.15) is 0 Å². The van der Waals surface area contributed by atoms with Crippen LogP contribution in [-0.4, -0.2) is 31.9 Å². The minimum absolute atomic E-state index is 0.0212. The molecule has 4 nitrogen and oxygen atoms in total. The van der Waals surface area contributed by atoms with Gasteiger partial charge >= 0.3 is 0 Å². The van der Waals surface area contributed by atoms with E-state index in [-0.39, 0.29) is 35.3 Å². The maximum Gasteiger partial charge on any atom is 0.223 e. The smallest absolute Gasteiger partial charge is 0.223 e. The summed E-state index contributed by atoms with van der Waals surface area (Å²) in [6.07, 6.45) is 1.36. The summed E-state index contributed by atoms with van der Waals surface area (Å²) in [4.78, 5) is 12.1. The highest BCUT2D eigenvalue weighted by atomic mass is 35.5. The van der Waals surface area contributed by atoms with Gasteiger partial charge in [0.15, 0.2) is 9.84 Å². The Kier molecular flexibility index (Phi) is 3.50. The first-order valence-corrected chi connectivity index (χ1v) is 8.91. The molecule has 3 rings (SSSR count). The topological polar surface area (TPSA) is 63.2 Å². The van der Waals surface area contributed by atoms with Gasteiger partial charge in [-0.1, -0.05) is 23.7 Å². The van der Waals surface area contributed by atoms with Crippen LogP contribution in [0, 0.1) is 5.92 Å². The molecule has 1 N–H and O–H groups in total. The lowest BCUT2D eigenvalue weighted by Gasteiger charge is -2.10. The number of hydrogen-bond donors (Lipinski definition) is 1. The summed E-state index contributed by atoms with van der Waals surface area (Å²) in [5.74, 6) is 0.456. The van der Waals surface area contributed by atoms with Crippen LogP contribution in [0.1, 0.15) is 24.3 Å². The quantitative estimate of drug-likeness (QED) is 0.924. The van der Waals surface area contributed by atoms with Crippen LogP contribution in [-0.2, 0) is 14.6 Å². The van der Waals surface area contributed by atoms with Crippen LogP contribution in [0.4, 0.5) is 0 Å². The molecule has 1 aliphatic heterocycles. The van der Waals surface area contributed by atoms with Gasteiger partial charge in [0, 0.05) is 17.0 Å². The maximum atomic E-state index is 12.1. The highest BCUT2D eigenvalue weighted by Crippen LogP contribution is 2.47. The van der Waals surface area contributed by atoms with Crippen molar-refractivity contribution in [1.82, 2.24) is 5.32 Å². The number of amides is 1. The molecule has 2 fully saturated rings. The minimum atomic E-state index is -2.95. The maximum absolute atomic E-state index is 12.1. The van der Waals surface area contributed by atoms with Gasteiger partial charge in [0.1, 0.15) is 0 Å². The summed E-state index contributed by atoms with van der Waals surface area (Å²) < 4.78 is 22.7. The number of carbonyl (C=O) groups is 1.